The van der Waals surface area contributed by atoms with E-state index in [-0.39, 0.29) is 23.5 Å². The van der Waals surface area contributed by atoms with Crippen LogP contribution in [0.3, 0.4) is 0 Å². The average Bonchev–Trinajstić information content (AvgIpc) is 2.43. The molecule has 1 aromatic rings. The number of halogens is 2. The molecular weight excluding hydrogens is 281 g/mol. The standard InChI is InChI=1S/C14H19ClFN3O/c15-14-10(2-1-3-12(14)16)8-19(9-13(17)20)11-4-6-18-7-5-11/h1-3,11,18H,4-9H2,(H2,17,20). The molecular formula is C14H19ClFN3O. The molecule has 110 valence electrons. The number of carbonyl (C=O) groups is 1. The van der Waals surface area contributed by atoms with Gasteiger partial charge in [-0.3, -0.25) is 9.69 Å². The lowest BCUT2D eigenvalue weighted by molar-refractivity contribution is -0.120. The van der Waals surface area contributed by atoms with Gasteiger partial charge in [0.05, 0.1) is 11.6 Å². The van der Waals surface area contributed by atoms with Crippen LogP contribution in [-0.2, 0) is 11.3 Å². The smallest absolute Gasteiger partial charge is 0.231 e. The largest absolute Gasteiger partial charge is 0.369 e. The highest BCUT2D eigenvalue weighted by molar-refractivity contribution is 6.31. The molecule has 1 aliphatic rings. The lowest BCUT2D eigenvalue weighted by Gasteiger charge is -2.34. The van der Waals surface area contributed by atoms with Gasteiger partial charge in [0, 0.05) is 12.6 Å². The molecule has 0 bridgehead atoms. The summed E-state index contributed by atoms with van der Waals surface area (Å²) >= 11 is 5.98. The van der Waals surface area contributed by atoms with Gasteiger partial charge in [-0.2, -0.15) is 0 Å². The number of carbonyl (C=O) groups excluding carboxylic acids is 1. The molecule has 1 amide bonds. The van der Waals surface area contributed by atoms with Crippen LogP contribution < -0.4 is 11.1 Å². The van der Waals surface area contributed by atoms with Gasteiger partial charge >= 0.3 is 0 Å². The molecule has 0 radical (unpaired) electrons. The molecule has 0 aliphatic carbocycles. The average molecular weight is 300 g/mol. The normalized spacial score (nSPS) is 16.6. The molecule has 1 aliphatic heterocycles. The van der Waals surface area contributed by atoms with Crippen LogP contribution in [0.25, 0.3) is 0 Å². The first-order chi connectivity index (χ1) is 9.58. The Labute approximate surface area is 123 Å². The number of nitrogens with zero attached hydrogens (tertiary/aromatic N) is 1. The molecule has 4 nitrogen and oxygen atoms in total. The van der Waals surface area contributed by atoms with Crippen LogP contribution in [0.4, 0.5) is 4.39 Å². The maximum Gasteiger partial charge on any atom is 0.231 e. The second-order valence-corrected chi connectivity index (χ2v) is 5.44. The van der Waals surface area contributed by atoms with Crippen molar-refractivity contribution in [2.75, 3.05) is 19.6 Å². The van der Waals surface area contributed by atoms with Crippen molar-refractivity contribution < 1.29 is 9.18 Å². The van der Waals surface area contributed by atoms with E-state index in [1.54, 1.807) is 12.1 Å². The second kappa shape index (κ2) is 7.02. The number of nitrogens with two attached hydrogens (primary N) is 1. The summed E-state index contributed by atoms with van der Waals surface area (Å²) in [5.41, 5.74) is 6.00. The van der Waals surface area contributed by atoms with Gasteiger partial charge in [0.1, 0.15) is 5.82 Å². The zero-order valence-corrected chi connectivity index (χ0v) is 12.0. The highest BCUT2D eigenvalue weighted by Crippen LogP contribution is 2.23. The third kappa shape index (κ3) is 3.91. The van der Waals surface area contributed by atoms with Crippen LogP contribution in [0.1, 0.15) is 18.4 Å². The molecule has 0 saturated carbocycles. The van der Waals surface area contributed by atoms with Gasteiger partial charge in [-0.05, 0) is 37.6 Å². The number of primary amides is 1. The van der Waals surface area contributed by atoms with Gasteiger partial charge in [0.25, 0.3) is 0 Å². The molecule has 6 heteroatoms. The summed E-state index contributed by atoms with van der Waals surface area (Å²) in [6, 6.07) is 5.00. The second-order valence-electron chi connectivity index (χ2n) is 5.07. The molecule has 0 spiro atoms. The first-order valence-corrected chi connectivity index (χ1v) is 7.11. The molecule has 0 aromatic heterocycles. The van der Waals surface area contributed by atoms with Crippen molar-refractivity contribution in [3.05, 3.63) is 34.6 Å². The fraction of sp³-hybridized carbons (Fsp3) is 0.500. The predicted octanol–water partition coefficient (Wildman–Crippen LogP) is 1.52. The molecule has 0 atom stereocenters. The van der Waals surface area contributed by atoms with Gasteiger partial charge in [-0.1, -0.05) is 23.7 Å². The van der Waals surface area contributed by atoms with Crippen molar-refractivity contribution in [2.45, 2.75) is 25.4 Å². The fourth-order valence-corrected chi connectivity index (χ4v) is 2.76. The SMILES string of the molecule is NC(=O)CN(Cc1cccc(F)c1Cl)C1CCNCC1. The maximum atomic E-state index is 13.5. The van der Waals surface area contributed by atoms with E-state index in [9.17, 15) is 9.18 Å². The summed E-state index contributed by atoms with van der Waals surface area (Å²) in [4.78, 5) is 13.2. The van der Waals surface area contributed by atoms with Gasteiger partial charge in [-0.25, -0.2) is 4.39 Å². The van der Waals surface area contributed by atoms with Gasteiger partial charge in [0.2, 0.25) is 5.91 Å². The lowest BCUT2D eigenvalue weighted by Crippen LogP contribution is -2.46. The van der Waals surface area contributed by atoms with Gasteiger partial charge in [0.15, 0.2) is 0 Å². The van der Waals surface area contributed by atoms with Crippen LogP contribution >= 0.6 is 11.6 Å². The quantitative estimate of drug-likeness (QED) is 0.867. The maximum absolute atomic E-state index is 13.5. The van der Waals surface area contributed by atoms with Crippen molar-refractivity contribution in [3.8, 4) is 0 Å². The van der Waals surface area contributed by atoms with Crippen molar-refractivity contribution in [1.82, 2.24) is 10.2 Å². The summed E-state index contributed by atoms with van der Waals surface area (Å²) < 4.78 is 13.5. The van der Waals surface area contributed by atoms with Crippen LogP contribution in [0.5, 0.6) is 0 Å². The van der Waals surface area contributed by atoms with Crippen LogP contribution in [0.15, 0.2) is 18.2 Å². The molecule has 1 fully saturated rings. The highest BCUT2D eigenvalue weighted by Gasteiger charge is 2.23. The molecule has 0 unspecified atom stereocenters. The van der Waals surface area contributed by atoms with Crippen LogP contribution in [-0.4, -0.2) is 36.5 Å². The number of amides is 1. The van der Waals surface area contributed by atoms with Crippen molar-refractivity contribution in [1.29, 1.82) is 0 Å². The minimum atomic E-state index is -0.437. The molecule has 1 saturated heterocycles. The fourth-order valence-electron chi connectivity index (χ4n) is 2.58. The number of hydrogen-bond donors (Lipinski definition) is 2. The molecule has 3 N–H and O–H groups in total. The third-order valence-corrected chi connectivity index (χ3v) is 4.01. The predicted molar refractivity (Wildman–Crippen MR) is 76.9 cm³/mol. The van der Waals surface area contributed by atoms with E-state index in [0.29, 0.717) is 12.1 Å². The highest BCUT2D eigenvalue weighted by atomic mass is 35.5. The summed E-state index contributed by atoms with van der Waals surface area (Å²) in [5.74, 6) is -0.815. The minimum Gasteiger partial charge on any atom is -0.369 e. The zero-order chi connectivity index (χ0) is 14.5. The van der Waals surface area contributed by atoms with Crippen molar-refractivity contribution in [2.24, 2.45) is 5.73 Å². The monoisotopic (exact) mass is 299 g/mol. The summed E-state index contributed by atoms with van der Waals surface area (Å²) in [6.07, 6.45) is 1.89. The van der Waals surface area contributed by atoms with Crippen LogP contribution in [0.2, 0.25) is 5.02 Å². The first-order valence-electron chi connectivity index (χ1n) is 6.74. The Morgan fingerprint density at radius 2 is 2.15 bits per heavy atom. The molecule has 20 heavy (non-hydrogen) atoms. The van der Waals surface area contributed by atoms with E-state index in [0.717, 1.165) is 25.9 Å². The van der Waals surface area contributed by atoms with E-state index >= 15 is 0 Å². The number of benzene rings is 1. The summed E-state index contributed by atoms with van der Waals surface area (Å²) in [7, 11) is 0. The van der Waals surface area contributed by atoms with E-state index in [4.69, 9.17) is 17.3 Å². The Bertz CT molecular complexity index is 477. The van der Waals surface area contributed by atoms with E-state index in [1.165, 1.54) is 6.07 Å². The Hall–Kier alpha value is -1.17. The molecule has 1 heterocycles. The Balaban J connectivity index is 2.14. The Morgan fingerprint density at radius 3 is 2.80 bits per heavy atom. The van der Waals surface area contributed by atoms with Gasteiger partial charge in [-0.15, -0.1) is 0 Å². The summed E-state index contributed by atoms with van der Waals surface area (Å²) in [6.45, 7) is 2.43. The topological polar surface area (TPSA) is 58.4 Å². The first kappa shape index (κ1) is 15.2. The number of piperidine rings is 1. The third-order valence-electron chi connectivity index (χ3n) is 3.59. The van der Waals surface area contributed by atoms with Crippen LogP contribution in [0, 0.1) is 5.82 Å². The Kier molecular flexibility index (Phi) is 5.34. The summed E-state index contributed by atoms with van der Waals surface area (Å²) in [5, 5.41) is 3.40. The van der Waals surface area contributed by atoms with E-state index in [2.05, 4.69) is 5.32 Å². The number of hydrogen-bond acceptors (Lipinski definition) is 3. The van der Waals surface area contributed by atoms with E-state index in [1.807, 2.05) is 4.90 Å². The lowest BCUT2D eigenvalue weighted by atomic mass is 10.0. The molecule has 1 aromatic carbocycles. The zero-order valence-electron chi connectivity index (χ0n) is 11.2. The van der Waals surface area contributed by atoms with Crippen molar-refractivity contribution >= 4 is 17.5 Å². The van der Waals surface area contributed by atoms with Gasteiger partial charge < -0.3 is 11.1 Å². The number of nitrogens with one attached hydrogen (secondary N) is 1. The Morgan fingerprint density at radius 1 is 1.45 bits per heavy atom. The minimum absolute atomic E-state index is 0.121. The number of rotatable bonds is 5. The van der Waals surface area contributed by atoms with Crippen molar-refractivity contribution in [3.63, 3.8) is 0 Å². The van der Waals surface area contributed by atoms with E-state index < -0.39 is 5.82 Å². The molecule has 2 rings (SSSR count).